The second-order valence-electron chi connectivity index (χ2n) is 9.97. The lowest BCUT2D eigenvalue weighted by atomic mass is 10.00. The number of carbonyl (C=O) groups is 1. The van der Waals surface area contributed by atoms with Crippen LogP contribution in [0.5, 0.6) is 5.75 Å². The lowest BCUT2D eigenvalue weighted by molar-refractivity contribution is -0.926. The molecule has 0 atom stereocenters. The molecule has 216 valence electrons. The lowest BCUT2D eigenvalue weighted by Crippen LogP contribution is -2.46. The largest absolute Gasteiger partial charge is 0.542 e. The number of nitrogens with zero attached hydrogens (tertiary/aromatic N) is 1. The smallest absolute Gasteiger partial charge is 0.430 e. The molecule has 0 amide bonds. The number of likely N-dealkylation sites (tertiary alicyclic amines) is 1. The monoisotopic (exact) mass is 578 g/mol. The van der Waals surface area contributed by atoms with E-state index in [0.29, 0.717) is 5.75 Å². The number of benzene rings is 3. The fraction of sp³-hybridized carbons (Fsp3) is 0.345. The zero-order valence-electron chi connectivity index (χ0n) is 22.4. The van der Waals surface area contributed by atoms with Crippen molar-refractivity contribution in [2.75, 3.05) is 27.2 Å². The summed E-state index contributed by atoms with van der Waals surface area (Å²) in [6.07, 6.45) is -1.22. The van der Waals surface area contributed by atoms with Crippen LogP contribution in [-0.4, -0.2) is 52.3 Å². The molecule has 0 saturated carbocycles. The highest BCUT2D eigenvalue weighted by atomic mass is 32.2. The van der Waals surface area contributed by atoms with Crippen LogP contribution < -0.4 is 14.6 Å². The number of alkyl halides is 3. The lowest BCUT2D eigenvalue weighted by Gasteiger charge is -2.38. The van der Waals surface area contributed by atoms with Crippen molar-refractivity contribution in [3.05, 3.63) is 83.9 Å². The van der Waals surface area contributed by atoms with Crippen LogP contribution in [0, 0.1) is 0 Å². The van der Waals surface area contributed by atoms with Gasteiger partial charge in [0.15, 0.2) is 0 Å². The van der Waals surface area contributed by atoms with Crippen LogP contribution in [0.25, 0.3) is 11.1 Å². The minimum atomic E-state index is -5.19. The number of carbonyl (C=O) groups excluding carboxylic acids is 1. The number of sulfonamides is 1. The highest BCUT2D eigenvalue weighted by molar-refractivity contribution is 7.89. The van der Waals surface area contributed by atoms with Gasteiger partial charge in [-0.2, -0.15) is 13.2 Å². The van der Waals surface area contributed by atoms with E-state index in [9.17, 15) is 21.6 Å². The number of carboxylic acid groups (broad SMARTS) is 1. The van der Waals surface area contributed by atoms with Crippen LogP contribution in [-0.2, 0) is 27.9 Å². The van der Waals surface area contributed by atoms with E-state index in [2.05, 4.69) is 48.2 Å². The Bertz CT molecular complexity index is 1390. The molecule has 0 unspecified atom stereocenters. The van der Waals surface area contributed by atoms with Crippen molar-refractivity contribution >= 4 is 16.0 Å². The number of methoxy groups -OCH3 is 1. The molecule has 0 radical (unpaired) electrons. The predicted molar refractivity (Wildman–Crippen MR) is 143 cm³/mol. The zero-order valence-corrected chi connectivity index (χ0v) is 23.2. The van der Waals surface area contributed by atoms with Crippen LogP contribution >= 0.6 is 0 Å². The summed E-state index contributed by atoms with van der Waals surface area (Å²) in [7, 11) is 0.319. The Morgan fingerprint density at radius 1 is 0.925 bits per heavy atom. The molecule has 11 heteroatoms. The number of nitrogens with one attached hydrogen (secondary N) is 1. The molecule has 1 fully saturated rings. The third-order valence-corrected chi connectivity index (χ3v) is 8.13. The molecule has 3 aromatic carbocycles. The van der Waals surface area contributed by atoms with Gasteiger partial charge in [0.1, 0.15) is 18.3 Å². The summed E-state index contributed by atoms with van der Waals surface area (Å²) in [5, 5.41) is 8.78. The SMILES string of the molecule is COc1ccc(S(=O)(=O)NCc2cccc(-c3cccc(C[N+]4(C)CCCCC4)c3)c2)cc1.O=C([O-])C(F)(F)F. The molecule has 1 aliphatic rings. The Morgan fingerprint density at radius 2 is 1.45 bits per heavy atom. The maximum atomic E-state index is 12.7. The van der Waals surface area contributed by atoms with E-state index in [4.69, 9.17) is 14.6 Å². The first-order valence-corrected chi connectivity index (χ1v) is 14.2. The van der Waals surface area contributed by atoms with Gasteiger partial charge < -0.3 is 19.1 Å². The first-order chi connectivity index (χ1) is 18.8. The summed E-state index contributed by atoms with van der Waals surface area (Å²) in [6.45, 7) is 3.77. The van der Waals surface area contributed by atoms with Gasteiger partial charge in [-0.1, -0.05) is 36.4 Å². The molecule has 1 saturated heterocycles. The fourth-order valence-corrected chi connectivity index (χ4v) is 5.62. The quantitative estimate of drug-likeness (QED) is 0.403. The maximum absolute atomic E-state index is 12.7. The van der Waals surface area contributed by atoms with E-state index in [0.717, 1.165) is 27.7 Å². The number of carboxylic acids is 1. The molecule has 0 bridgehead atoms. The van der Waals surface area contributed by atoms with Crippen molar-refractivity contribution in [3.63, 3.8) is 0 Å². The third kappa shape index (κ3) is 9.07. The Labute approximate surface area is 232 Å². The van der Waals surface area contributed by atoms with Crippen LogP contribution in [0.4, 0.5) is 13.2 Å². The van der Waals surface area contributed by atoms with E-state index in [1.165, 1.54) is 37.9 Å². The van der Waals surface area contributed by atoms with E-state index < -0.39 is 22.2 Å². The molecule has 1 heterocycles. The van der Waals surface area contributed by atoms with Crippen molar-refractivity contribution in [1.82, 2.24) is 4.72 Å². The Hall–Kier alpha value is -3.41. The van der Waals surface area contributed by atoms with Crippen LogP contribution in [0.3, 0.4) is 0 Å². The van der Waals surface area contributed by atoms with Crippen LogP contribution in [0.1, 0.15) is 30.4 Å². The number of hydrogen-bond acceptors (Lipinski definition) is 5. The second-order valence-corrected chi connectivity index (χ2v) is 11.7. The third-order valence-electron chi connectivity index (χ3n) is 6.71. The molecule has 1 N–H and O–H groups in total. The van der Waals surface area contributed by atoms with Gasteiger partial charge in [0.25, 0.3) is 0 Å². The Kier molecular flexibility index (Phi) is 10.3. The van der Waals surface area contributed by atoms with Gasteiger partial charge in [0, 0.05) is 12.1 Å². The summed E-state index contributed by atoms with van der Waals surface area (Å²) in [5.74, 6) is -2.38. The van der Waals surface area contributed by atoms with Crippen LogP contribution in [0.15, 0.2) is 77.7 Å². The minimum absolute atomic E-state index is 0.224. The number of quaternary nitrogens is 1. The summed E-state index contributed by atoms with van der Waals surface area (Å²) >= 11 is 0. The predicted octanol–water partition coefficient (Wildman–Crippen LogP) is 4.27. The number of piperidine rings is 1. The molecule has 7 nitrogen and oxygen atoms in total. The standard InChI is InChI=1S/C27H33N2O3S.C2HF3O2/c1-29(16-4-3-5-17-29)21-23-9-7-11-25(19-23)24-10-6-8-22(18-24)20-28-33(30,31)27-14-12-26(32-2)13-15-27;3-2(4,5)1(6)7/h6-15,18-19,28H,3-5,16-17,20-21H2,1-2H3;(H,6,7)/q+1;/p-1. The summed E-state index contributed by atoms with van der Waals surface area (Å²) < 4.78 is 65.8. The topological polar surface area (TPSA) is 95.5 Å². The van der Waals surface area contributed by atoms with Crippen molar-refractivity contribution in [3.8, 4) is 16.9 Å². The van der Waals surface area contributed by atoms with E-state index in [1.54, 1.807) is 31.4 Å². The number of rotatable bonds is 8. The van der Waals surface area contributed by atoms with Gasteiger partial charge in [-0.15, -0.1) is 0 Å². The number of aliphatic carboxylic acids is 1. The molecular formula is C29H33F3N2O5S. The van der Waals surface area contributed by atoms with E-state index in [1.807, 2.05) is 12.1 Å². The molecule has 0 spiro atoms. The molecule has 0 aliphatic carbocycles. The van der Waals surface area contributed by atoms with Gasteiger partial charge in [0.05, 0.1) is 32.1 Å². The highest BCUT2D eigenvalue weighted by Gasteiger charge is 2.29. The minimum Gasteiger partial charge on any atom is -0.542 e. The summed E-state index contributed by atoms with van der Waals surface area (Å²) in [4.78, 5) is 9.01. The van der Waals surface area contributed by atoms with Gasteiger partial charge >= 0.3 is 6.18 Å². The summed E-state index contributed by atoms with van der Waals surface area (Å²) in [6, 6.07) is 23.2. The van der Waals surface area contributed by atoms with Crippen molar-refractivity contribution in [2.24, 2.45) is 0 Å². The first-order valence-electron chi connectivity index (χ1n) is 12.7. The Morgan fingerprint density at radius 3 is 1.98 bits per heavy atom. The molecular weight excluding hydrogens is 545 g/mol. The van der Waals surface area contributed by atoms with Crippen molar-refractivity contribution in [1.29, 1.82) is 0 Å². The normalized spacial score (nSPS) is 15.0. The average Bonchev–Trinajstić information content (AvgIpc) is 2.92. The van der Waals surface area contributed by atoms with Gasteiger partial charge in [-0.25, -0.2) is 13.1 Å². The Balaban J connectivity index is 0.000000559. The molecule has 4 rings (SSSR count). The first kappa shape index (κ1) is 31.1. The molecule has 0 aromatic heterocycles. The van der Waals surface area contributed by atoms with Crippen molar-refractivity contribution in [2.45, 2.75) is 43.4 Å². The van der Waals surface area contributed by atoms with Gasteiger partial charge in [0.2, 0.25) is 10.0 Å². The molecule has 3 aromatic rings. The zero-order chi connectivity index (χ0) is 29.4. The number of halogens is 3. The van der Waals surface area contributed by atoms with Crippen molar-refractivity contribution < 1.29 is 40.7 Å². The second kappa shape index (κ2) is 13.3. The van der Waals surface area contributed by atoms with E-state index in [-0.39, 0.29) is 11.4 Å². The van der Waals surface area contributed by atoms with E-state index >= 15 is 0 Å². The maximum Gasteiger partial charge on any atom is 0.430 e. The van der Waals surface area contributed by atoms with Gasteiger partial charge in [-0.3, -0.25) is 0 Å². The van der Waals surface area contributed by atoms with Crippen LogP contribution in [0.2, 0.25) is 0 Å². The van der Waals surface area contributed by atoms with Gasteiger partial charge in [-0.05, 0) is 72.4 Å². The highest BCUT2D eigenvalue weighted by Crippen LogP contribution is 2.25. The fourth-order valence-electron chi connectivity index (χ4n) is 4.60. The molecule has 1 aliphatic heterocycles. The number of hydrogen-bond donors (Lipinski definition) is 1. The summed E-state index contributed by atoms with van der Waals surface area (Å²) in [5.41, 5.74) is 4.53. The average molecular weight is 579 g/mol. The number of ether oxygens (including phenoxy) is 1. The molecule has 40 heavy (non-hydrogen) atoms.